The van der Waals surface area contributed by atoms with Gasteiger partial charge >= 0.3 is 0 Å². The molecule has 114 valence electrons. The molecule has 0 aliphatic rings. The highest BCUT2D eigenvalue weighted by Crippen LogP contribution is 2.25. The third kappa shape index (κ3) is 2.91. The Morgan fingerprint density at radius 2 is 1.86 bits per heavy atom. The average molecular weight is 400 g/mol. The van der Waals surface area contributed by atoms with Crippen LogP contribution in [0.25, 0.3) is 11.0 Å². The number of nitrogens with zero attached hydrogens (tertiary/aromatic N) is 2. The molecule has 0 radical (unpaired) electrons. The van der Waals surface area contributed by atoms with Gasteiger partial charge in [0, 0.05) is 11.0 Å². The molecule has 3 aromatic rings. The van der Waals surface area contributed by atoms with E-state index in [2.05, 4.69) is 20.9 Å². The summed E-state index contributed by atoms with van der Waals surface area (Å²) < 4.78 is 27.0. The summed E-state index contributed by atoms with van der Waals surface area (Å²) in [5, 5.41) is 0.751. The number of aromatic nitrogens is 2. The van der Waals surface area contributed by atoms with Gasteiger partial charge in [-0.15, -0.1) is 0 Å². The van der Waals surface area contributed by atoms with Gasteiger partial charge < -0.3 is 0 Å². The number of hydrogen-bond donors (Lipinski definition) is 0. The second kappa shape index (κ2) is 6.02. The van der Waals surface area contributed by atoms with Crippen LogP contribution in [-0.2, 0) is 21.1 Å². The SMILES string of the molecule is O=S(=O)(Cc1ccccc1)n1c(CBr)cc2nc(Cl)ccc21. The summed E-state index contributed by atoms with van der Waals surface area (Å²) >= 11 is 9.22. The molecule has 0 aliphatic heterocycles. The molecule has 1 aromatic carbocycles. The zero-order chi connectivity index (χ0) is 15.7. The zero-order valence-corrected chi connectivity index (χ0v) is 14.6. The van der Waals surface area contributed by atoms with E-state index in [9.17, 15) is 8.42 Å². The highest BCUT2D eigenvalue weighted by molar-refractivity contribution is 9.08. The van der Waals surface area contributed by atoms with E-state index in [0.717, 1.165) is 5.56 Å². The minimum absolute atomic E-state index is 0.0692. The molecule has 0 amide bonds. The number of benzene rings is 1. The van der Waals surface area contributed by atoms with Crippen molar-refractivity contribution >= 4 is 48.6 Å². The lowest BCUT2D eigenvalue weighted by Crippen LogP contribution is -2.17. The van der Waals surface area contributed by atoms with Crippen molar-refractivity contribution in [2.75, 3.05) is 0 Å². The van der Waals surface area contributed by atoms with Gasteiger partial charge in [-0.25, -0.2) is 17.4 Å². The molecule has 3 rings (SSSR count). The first-order valence-electron chi connectivity index (χ1n) is 6.51. The molecule has 4 nitrogen and oxygen atoms in total. The van der Waals surface area contributed by atoms with Crippen LogP contribution in [0.3, 0.4) is 0 Å². The van der Waals surface area contributed by atoms with Crippen LogP contribution in [-0.4, -0.2) is 17.4 Å². The third-order valence-electron chi connectivity index (χ3n) is 3.26. The molecule has 0 N–H and O–H groups in total. The predicted molar refractivity (Wildman–Crippen MR) is 91.8 cm³/mol. The van der Waals surface area contributed by atoms with E-state index in [-0.39, 0.29) is 5.75 Å². The molecule has 0 saturated carbocycles. The highest BCUT2D eigenvalue weighted by Gasteiger charge is 2.21. The van der Waals surface area contributed by atoms with Crippen LogP contribution in [0.15, 0.2) is 48.5 Å². The summed E-state index contributed by atoms with van der Waals surface area (Å²) in [7, 11) is -3.55. The molecule has 0 atom stereocenters. The minimum Gasteiger partial charge on any atom is -0.239 e. The molecule has 0 unspecified atom stereocenters. The summed E-state index contributed by atoms with van der Waals surface area (Å²) in [6, 6.07) is 14.1. The van der Waals surface area contributed by atoms with Crippen molar-refractivity contribution in [3.05, 3.63) is 64.9 Å². The smallest absolute Gasteiger partial charge is 0.239 e. The van der Waals surface area contributed by atoms with Gasteiger partial charge in [-0.05, 0) is 23.8 Å². The fourth-order valence-corrected chi connectivity index (χ4v) is 4.77. The van der Waals surface area contributed by atoms with Crippen molar-refractivity contribution in [2.24, 2.45) is 0 Å². The van der Waals surface area contributed by atoms with Gasteiger partial charge in [-0.2, -0.15) is 0 Å². The van der Waals surface area contributed by atoms with E-state index in [1.54, 1.807) is 30.3 Å². The molecule has 0 aliphatic carbocycles. The quantitative estimate of drug-likeness (QED) is 0.493. The van der Waals surface area contributed by atoms with Crippen LogP contribution < -0.4 is 0 Å². The van der Waals surface area contributed by atoms with Crippen LogP contribution in [0.4, 0.5) is 0 Å². The Labute approximate surface area is 141 Å². The van der Waals surface area contributed by atoms with Crippen LogP contribution in [0.1, 0.15) is 11.3 Å². The van der Waals surface area contributed by atoms with E-state index < -0.39 is 10.0 Å². The van der Waals surface area contributed by atoms with Gasteiger partial charge in [0.25, 0.3) is 0 Å². The fourth-order valence-electron chi connectivity index (χ4n) is 2.36. The molecule has 7 heteroatoms. The zero-order valence-electron chi connectivity index (χ0n) is 11.4. The van der Waals surface area contributed by atoms with Crippen LogP contribution >= 0.6 is 27.5 Å². The minimum atomic E-state index is -3.55. The fraction of sp³-hybridized carbons (Fsp3) is 0.133. The van der Waals surface area contributed by atoms with Gasteiger partial charge in [-0.3, -0.25) is 0 Å². The number of hydrogen-bond acceptors (Lipinski definition) is 3. The number of halogens is 2. The van der Waals surface area contributed by atoms with Crippen molar-refractivity contribution in [1.29, 1.82) is 0 Å². The monoisotopic (exact) mass is 398 g/mol. The molecular weight excluding hydrogens is 388 g/mol. The standard InChI is InChI=1S/C15H12BrClN2O2S/c16-9-12-8-13-14(6-7-15(17)18-13)19(12)22(20,21)10-11-4-2-1-3-5-11/h1-8H,9-10H2. The number of pyridine rings is 1. The van der Waals surface area contributed by atoms with Gasteiger partial charge in [0.05, 0.1) is 16.8 Å². The molecule has 0 saturated heterocycles. The van der Waals surface area contributed by atoms with Crippen molar-refractivity contribution in [2.45, 2.75) is 11.1 Å². The van der Waals surface area contributed by atoms with Gasteiger partial charge in [0.2, 0.25) is 10.0 Å². The summed E-state index contributed by atoms with van der Waals surface area (Å²) in [6.07, 6.45) is 0. The maximum atomic E-state index is 12.8. The summed E-state index contributed by atoms with van der Waals surface area (Å²) in [6.45, 7) is 0. The van der Waals surface area contributed by atoms with E-state index >= 15 is 0 Å². The summed E-state index contributed by atoms with van der Waals surface area (Å²) in [5.74, 6) is -0.0692. The second-order valence-electron chi connectivity index (χ2n) is 4.81. The Morgan fingerprint density at radius 3 is 2.55 bits per heavy atom. The highest BCUT2D eigenvalue weighted by atomic mass is 79.9. The van der Waals surface area contributed by atoms with Crippen molar-refractivity contribution in [1.82, 2.24) is 8.96 Å². The topological polar surface area (TPSA) is 52.0 Å². The molecule has 2 heterocycles. The van der Waals surface area contributed by atoms with E-state index in [4.69, 9.17) is 11.6 Å². The van der Waals surface area contributed by atoms with E-state index in [0.29, 0.717) is 27.2 Å². The number of rotatable bonds is 4. The Morgan fingerprint density at radius 1 is 1.14 bits per heavy atom. The van der Waals surface area contributed by atoms with Gasteiger partial charge in [0.1, 0.15) is 5.15 Å². The number of alkyl halides is 1. The maximum absolute atomic E-state index is 12.8. The largest absolute Gasteiger partial charge is 0.243 e. The number of fused-ring (bicyclic) bond motifs is 1. The molecular formula is C15H12BrClN2O2S. The summed E-state index contributed by atoms with van der Waals surface area (Å²) in [5.41, 5.74) is 2.47. The molecule has 2 aromatic heterocycles. The van der Waals surface area contributed by atoms with Gasteiger partial charge in [-0.1, -0.05) is 57.9 Å². The van der Waals surface area contributed by atoms with Crippen molar-refractivity contribution in [3.8, 4) is 0 Å². The molecule has 0 spiro atoms. The Hall–Kier alpha value is -1.37. The Bertz CT molecular complexity index is 923. The molecule has 0 fully saturated rings. The third-order valence-corrected chi connectivity index (χ3v) is 5.73. The molecule has 22 heavy (non-hydrogen) atoms. The average Bonchev–Trinajstić information content (AvgIpc) is 2.86. The van der Waals surface area contributed by atoms with E-state index in [1.165, 1.54) is 3.97 Å². The maximum Gasteiger partial charge on any atom is 0.243 e. The predicted octanol–water partition coefficient (Wildman–Crippen LogP) is 3.96. The lowest BCUT2D eigenvalue weighted by atomic mass is 10.2. The Kier molecular flexibility index (Phi) is 4.25. The first-order valence-corrected chi connectivity index (χ1v) is 9.62. The first-order chi connectivity index (χ1) is 10.5. The second-order valence-corrected chi connectivity index (χ2v) is 7.58. The Balaban J connectivity index is 2.15. The van der Waals surface area contributed by atoms with Crippen LogP contribution in [0, 0.1) is 0 Å². The lowest BCUT2D eigenvalue weighted by molar-refractivity contribution is 0.587. The van der Waals surface area contributed by atoms with Crippen LogP contribution in [0.5, 0.6) is 0 Å². The van der Waals surface area contributed by atoms with Crippen molar-refractivity contribution < 1.29 is 8.42 Å². The van der Waals surface area contributed by atoms with E-state index in [1.807, 2.05) is 18.2 Å². The first kappa shape index (κ1) is 15.5. The van der Waals surface area contributed by atoms with Crippen molar-refractivity contribution in [3.63, 3.8) is 0 Å². The van der Waals surface area contributed by atoms with Gasteiger partial charge in [0.15, 0.2) is 0 Å². The normalized spacial score (nSPS) is 11.9. The lowest BCUT2D eigenvalue weighted by Gasteiger charge is -2.10. The summed E-state index contributed by atoms with van der Waals surface area (Å²) in [4.78, 5) is 4.18. The molecule has 0 bridgehead atoms. The van der Waals surface area contributed by atoms with Crippen LogP contribution in [0.2, 0.25) is 5.15 Å².